The van der Waals surface area contributed by atoms with E-state index in [0.717, 1.165) is 89.9 Å². The van der Waals surface area contributed by atoms with E-state index in [4.69, 9.17) is 13.8 Å². The van der Waals surface area contributed by atoms with E-state index in [9.17, 15) is 34.1 Å². The number of carbonyl (C=O) groups excluding carboxylic acids is 2. The predicted octanol–water partition coefficient (Wildman–Crippen LogP) is 12.8. The Morgan fingerprint density at radius 3 is 1.38 bits per heavy atom. The maximum atomic E-state index is 12.3. The third-order valence-corrected chi connectivity index (χ3v) is 10.2. The van der Waals surface area contributed by atoms with Gasteiger partial charge in [-0.15, -0.1) is 0 Å². The molecular weight excluding hydrogens is 830 g/mol. The first-order valence-electron chi connectivity index (χ1n) is 23.6. The van der Waals surface area contributed by atoms with Crippen LogP contribution in [0.15, 0.2) is 122 Å². The number of carboxylic acids is 1. The molecular formula is C52H82NO10P. The fourth-order valence-corrected chi connectivity index (χ4v) is 6.38. The molecule has 360 valence electrons. The van der Waals surface area contributed by atoms with Gasteiger partial charge in [-0.25, -0.2) is 9.36 Å². The molecule has 0 aromatic rings. The molecule has 0 fully saturated rings. The predicted molar refractivity (Wildman–Crippen MR) is 263 cm³/mol. The topological polar surface area (TPSA) is 169 Å². The van der Waals surface area contributed by atoms with Gasteiger partial charge in [0.05, 0.1) is 13.2 Å². The fraction of sp³-hybridized carbons (Fsp3) is 0.558. The Hall–Kier alpha value is -4.12. The zero-order valence-electron chi connectivity index (χ0n) is 39.0. The number of aliphatic hydroxyl groups excluding tert-OH is 1. The number of esters is 1. The van der Waals surface area contributed by atoms with Crippen molar-refractivity contribution in [2.24, 2.45) is 0 Å². The highest BCUT2D eigenvalue weighted by Crippen LogP contribution is 2.43. The molecule has 3 atom stereocenters. The summed E-state index contributed by atoms with van der Waals surface area (Å²) in [5, 5.41) is 21.8. The number of nitrogens with one attached hydrogen (secondary N) is 1. The third-order valence-electron chi connectivity index (χ3n) is 9.23. The van der Waals surface area contributed by atoms with E-state index in [2.05, 4.69) is 129 Å². The number of carboxylic acid groups (broad SMARTS) is 1. The molecule has 0 radical (unpaired) electrons. The van der Waals surface area contributed by atoms with Crippen LogP contribution in [-0.2, 0) is 32.7 Å². The average Bonchev–Trinajstić information content (AvgIpc) is 3.27. The monoisotopic (exact) mass is 912 g/mol. The van der Waals surface area contributed by atoms with Gasteiger partial charge < -0.3 is 25.2 Å². The van der Waals surface area contributed by atoms with Gasteiger partial charge >= 0.3 is 19.8 Å². The van der Waals surface area contributed by atoms with Crippen LogP contribution < -0.4 is 5.32 Å². The number of ether oxygens (including phenoxy) is 1. The summed E-state index contributed by atoms with van der Waals surface area (Å²) in [5.74, 6) is -2.50. The quantitative estimate of drug-likeness (QED) is 0.0200. The van der Waals surface area contributed by atoms with E-state index in [0.29, 0.717) is 19.3 Å². The van der Waals surface area contributed by atoms with Crippen molar-refractivity contribution in [2.75, 3.05) is 19.8 Å². The van der Waals surface area contributed by atoms with Crippen LogP contribution in [0, 0.1) is 0 Å². The number of hydrogen-bond acceptors (Lipinski definition) is 8. The molecule has 4 N–H and O–H groups in total. The second-order valence-corrected chi connectivity index (χ2v) is 16.7. The van der Waals surface area contributed by atoms with E-state index in [-0.39, 0.29) is 12.8 Å². The van der Waals surface area contributed by atoms with Gasteiger partial charge in [0.25, 0.3) is 0 Å². The summed E-state index contributed by atoms with van der Waals surface area (Å²) in [6, 6.07) is -1.59. The molecule has 0 aliphatic carbocycles. The van der Waals surface area contributed by atoms with Crippen molar-refractivity contribution < 1.29 is 47.8 Å². The minimum absolute atomic E-state index is 0.0606. The van der Waals surface area contributed by atoms with Gasteiger partial charge in [-0.2, -0.15) is 0 Å². The van der Waals surface area contributed by atoms with Crippen LogP contribution in [0.2, 0.25) is 0 Å². The molecule has 1 amide bonds. The molecule has 12 heteroatoms. The summed E-state index contributed by atoms with van der Waals surface area (Å²) in [6.07, 6.45) is 60.8. The van der Waals surface area contributed by atoms with Crippen molar-refractivity contribution in [2.45, 2.75) is 167 Å². The number of amides is 1. The number of allylic oxidation sites excluding steroid dienone is 20. The van der Waals surface area contributed by atoms with Crippen LogP contribution in [0.3, 0.4) is 0 Å². The Morgan fingerprint density at radius 2 is 0.922 bits per heavy atom. The second kappa shape index (κ2) is 45.4. The molecule has 0 saturated carbocycles. The van der Waals surface area contributed by atoms with Crippen LogP contribution in [-0.4, -0.2) is 64.9 Å². The number of aliphatic carboxylic acids is 1. The summed E-state index contributed by atoms with van der Waals surface area (Å²) >= 11 is 0. The lowest BCUT2D eigenvalue weighted by Gasteiger charge is -2.18. The van der Waals surface area contributed by atoms with Crippen LogP contribution >= 0.6 is 7.82 Å². The molecule has 11 nitrogen and oxygen atoms in total. The minimum Gasteiger partial charge on any atom is -0.480 e. The van der Waals surface area contributed by atoms with Crippen molar-refractivity contribution in [3.63, 3.8) is 0 Å². The Morgan fingerprint density at radius 1 is 0.516 bits per heavy atom. The van der Waals surface area contributed by atoms with Crippen molar-refractivity contribution >= 4 is 25.7 Å². The molecule has 0 bridgehead atoms. The van der Waals surface area contributed by atoms with Gasteiger partial charge in [-0.3, -0.25) is 18.6 Å². The number of rotatable bonds is 42. The van der Waals surface area contributed by atoms with Crippen molar-refractivity contribution in [3.8, 4) is 0 Å². The molecule has 0 rings (SSSR count). The smallest absolute Gasteiger partial charge is 0.472 e. The minimum atomic E-state index is -4.79. The van der Waals surface area contributed by atoms with Crippen LogP contribution in [0.5, 0.6) is 0 Å². The first-order valence-corrected chi connectivity index (χ1v) is 25.1. The van der Waals surface area contributed by atoms with Gasteiger partial charge in [-0.1, -0.05) is 161 Å². The molecule has 0 heterocycles. The van der Waals surface area contributed by atoms with Gasteiger partial charge in [0.1, 0.15) is 12.7 Å². The molecule has 0 aromatic heterocycles. The number of aliphatic hydroxyl groups is 1. The SMILES string of the molecule is CC/C=C\C/C=C\C/C=C\C/C=C\C/C=C\C/C=C\CCCCCCC(=O)OCC(O)COP(=O)(O)OCC(NC(=O)CCC/C=C\C/C=C\C/C=C\C/C=C\CCCCC)C(=O)O. The maximum Gasteiger partial charge on any atom is 0.472 e. The zero-order chi connectivity index (χ0) is 47.0. The Labute approximate surface area is 386 Å². The van der Waals surface area contributed by atoms with E-state index >= 15 is 0 Å². The normalized spacial score (nSPS) is 14.7. The van der Waals surface area contributed by atoms with Crippen molar-refractivity contribution in [1.29, 1.82) is 0 Å². The van der Waals surface area contributed by atoms with E-state index in [1.165, 1.54) is 19.3 Å². The third kappa shape index (κ3) is 44.5. The van der Waals surface area contributed by atoms with Gasteiger partial charge in [-0.05, 0) is 103 Å². The molecule has 0 aliphatic heterocycles. The lowest BCUT2D eigenvalue weighted by molar-refractivity contribution is -0.147. The summed E-state index contributed by atoms with van der Waals surface area (Å²) in [6.45, 7) is 2.37. The number of phosphoric acid groups is 1. The van der Waals surface area contributed by atoms with Crippen LogP contribution in [0.25, 0.3) is 0 Å². The zero-order valence-corrected chi connectivity index (χ0v) is 39.9. The number of carbonyl (C=O) groups is 3. The molecule has 0 saturated heterocycles. The first-order chi connectivity index (χ1) is 31.1. The van der Waals surface area contributed by atoms with Gasteiger partial charge in [0, 0.05) is 12.8 Å². The first kappa shape index (κ1) is 59.9. The molecule has 3 unspecified atom stereocenters. The highest BCUT2D eigenvalue weighted by Gasteiger charge is 2.28. The van der Waals surface area contributed by atoms with Gasteiger partial charge in [0.15, 0.2) is 6.04 Å². The average molecular weight is 912 g/mol. The number of phosphoric ester groups is 1. The number of hydrogen-bond donors (Lipinski definition) is 4. The fourth-order valence-electron chi connectivity index (χ4n) is 5.60. The lowest BCUT2D eigenvalue weighted by Crippen LogP contribution is -2.43. The van der Waals surface area contributed by atoms with E-state index in [1.54, 1.807) is 0 Å². The number of unbranched alkanes of at least 4 members (excludes halogenated alkanes) is 8. The largest absolute Gasteiger partial charge is 0.480 e. The summed E-state index contributed by atoms with van der Waals surface area (Å²) in [7, 11) is -4.79. The highest BCUT2D eigenvalue weighted by atomic mass is 31.2. The summed E-state index contributed by atoms with van der Waals surface area (Å²) in [4.78, 5) is 46.0. The van der Waals surface area contributed by atoms with Crippen LogP contribution in [0.4, 0.5) is 0 Å². The summed E-state index contributed by atoms with van der Waals surface area (Å²) < 4.78 is 26.8. The molecule has 0 aromatic carbocycles. The standard InChI is InChI=1S/C52H82NO10P/c1-3-5-7-9-11-13-15-17-19-21-22-23-24-25-26-28-30-32-34-36-38-40-42-44-51(56)61-45-48(54)46-62-64(59,60)63-47-49(52(57)58)53-50(55)43-41-39-37-35-33-31-29-27-20-18-16-14-12-10-8-6-4-2/h5,7,11-14,17-20,22-23,25-26,29-32,35,37,48-49,54H,3-4,6,8-10,15-16,21,24,27-28,33-34,36,38-47H2,1-2H3,(H,53,55)(H,57,58)(H,59,60)/b7-5-,13-11-,14-12-,19-17-,20-18-,23-22-,26-25-,31-29-,32-30-,37-35-. The molecule has 64 heavy (non-hydrogen) atoms. The Bertz CT molecular complexity index is 1540. The lowest BCUT2D eigenvalue weighted by atomic mass is 10.1. The van der Waals surface area contributed by atoms with Gasteiger partial charge in [0.2, 0.25) is 5.91 Å². The van der Waals surface area contributed by atoms with E-state index < -0.39 is 57.6 Å². The summed E-state index contributed by atoms with van der Waals surface area (Å²) in [5.41, 5.74) is 0. The van der Waals surface area contributed by atoms with E-state index in [1.807, 2.05) is 12.2 Å². The van der Waals surface area contributed by atoms with Crippen molar-refractivity contribution in [1.82, 2.24) is 5.32 Å². The molecule has 0 aliphatic rings. The second-order valence-electron chi connectivity index (χ2n) is 15.2. The van der Waals surface area contributed by atoms with Crippen LogP contribution in [0.1, 0.15) is 155 Å². The Kier molecular flexibility index (Phi) is 42.5. The molecule has 0 spiro atoms. The maximum absolute atomic E-state index is 12.3. The Balaban J connectivity index is 4.01. The highest BCUT2D eigenvalue weighted by molar-refractivity contribution is 7.47. The van der Waals surface area contributed by atoms with Crippen molar-refractivity contribution in [3.05, 3.63) is 122 Å².